The maximum absolute atomic E-state index is 13.0. The van der Waals surface area contributed by atoms with Gasteiger partial charge in [-0.15, -0.1) is 0 Å². The number of carbonyl (C=O) groups is 1. The molecule has 2 aliphatic heterocycles. The van der Waals surface area contributed by atoms with Gasteiger partial charge in [0.25, 0.3) is 11.5 Å². The normalized spacial score (nSPS) is 24.0. The third-order valence-corrected chi connectivity index (χ3v) is 6.06. The van der Waals surface area contributed by atoms with E-state index in [1.54, 1.807) is 18.2 Å². The number of likely N-dealkylation sites (tertiary alicyclic amines) is 1. The van der Waals surface area contributed by atoms with Crippen molar-refractivity contribution in [2.24, 2.45) is 11.8 Å². The van der Waals surface area contributed by atoms with Crippen LogP contribution in [0.3, 0.4) is 0 Å². The molecule has 7 nitrogen and oxygen atoms in total. The number of H-pyrrole nitrogens is 1. The van der Waals surface area contributed by atoms with Crippen LogP contribution in [-0.4, -0.2) is 46.2 Å². The Labute approximate surface area is 158 Å². The van der Waals surface area contributed by atoms with Gasteiger partial charge in [0.05, 0.1) is 5.39 Å². The molecule has 1 amide bonds. The summed E-state index contributed by atoms with van der Waals surface area (Å²) in [4.78, 5) is 26.8. The first-order valence-electron chi connectivity index (χ1n) is 9.82. The van der Waals surface area contributed by atoms with E-state index in [9.17, 15) is 9.59 Å². The van der Waals surface area contributed by atoms with Gasteiger partial charge in [-0.1, -0.05) is 32.0 Å². The van der Waals surface area contributed by atoms with Crippen molar-refractivity contribution >= 4 is 16.7 Å². The van der Waals surface area contributed by atoms with Crippen LogP contribution in [0.5, 0.6) is 0 Å². The smallest absolute Gasteiger partial charge is 0.274 e. The van der Waals surface area contributed by atoms with Crippen molar-refractivity contribution in [3.8, 4) is 0 Å². The third-order valence-electron chi connectivity index (χ3n) is 6.06. The lowest BCUT2D eigenvalue weighted by molar-refractivity contribution is 0.0668. The largest absolute Gasteiger partial charge is 0.337 e. The lowest BCUT2D eigenvalue weighted by Gasteiger charge is -2.34. The van der Waals surface area contributed by atoms with Crippen LogP contribution in [0.25, 0.3) is 10.8 Å². The van der Waals surface area contributed by atoms with E-state index in [4.69, 9.17) is 0 Å². The van der Waals surface area contributed by atoms with Gasteiger partial charge in [-0.05, 0) is 37.2 Å². The van der Waals surface area contributed by atoms with Crippen LogP contribution in [-0.2, 0) is 0 Å². The maximum Gasteiger partial charge on any atom is 0.274 e. The highest BCUT2D eigenvalue weighted by Gasteiger charge is 2.35. The van der Waals surface area contributed by atoms with Gasteiger partial charge in [0.15, 0.2) is 5.69 Å². The fourth-order valence-electron chi connectivity index (χ4n) is 4.29. The molecular weight excluding hydrogens is 342 g/mol. The SMILES string of the molecule is CC(C)C1CC(C2CCN(C(=O)c3n[nH]c(=O)c4ccccc34)CC2)NN1. The number of hydrazine groups is 1. The van der Waals surface area contributed by atoms with Gasteiger partial charge in [-0.25, -0.2) is 5.10 Å². The Balaban J connectivity index is 1.44. The molecule has 2 aromatic rings. The molecule has 0 saturated carbocycles. The summed E-state index contributed by atoms with van der Waals surface area (Å²) in [5.74, 6) is 1.09. The van der Waals surface area contributed by atoms with Crippen LogP contribution in [0.1, 0.15) is 43.6 Å². The fraction of sp³-hybridized carbons (Fsp3) is 0.550. The van der Waals surface area contributed by atoms with Crippen LogP contribution in [0, 0.1) is 11.8 Å². The van der Waals surface area contributed by atoms with E-state index in [0.717, 1.165) is 32.4 Å². The fourth-order valence-corrected chi connectivity index (χ4v) is 4.29. The number of benzene rings is 1. The summed E-state index contributed by atoms with van der Waals surface area (Å²) >= 11 is 0. The number of hydrogen-bond acceptors (Lipinski definition) is 5. The second-order valence-corrected chi connectivity index (χ2v) is 8.06. The Morgan fingerprint density at radius 1 is 1.15 bits per heavy atom. The van der Waals surface area contributed by atoms with Gasteiger partial charge in [-0.3, -0.25) is 20.4 Å². The number of carbonyl (C=O) groups excluding carboxylic acids is 1. The highest BCUT2D eigenvalue weighted by Crippen LogP contribution is 2.28. The molecule has 3 N–H and O–H groups in total. The molecule has 4 rings (SSSR count). The molecule has 7 heteroatoms. The Kier molecular flexibility index (Phi) is 4.97. The van der Waals surface area contributed by atoms with Crippen molar-refractivity contribution in [1.29, 1.82) is 0 Å². The van der Waals surface area contributed by atoms with Crippen LogP contribution in [0.2, 0.25) is 0 Å². The minimum absolute atomic E-state index is 0.0986. The third kappa shape index (κ3) is 3.49. The number of rotatable bonds is 3. The quantitative estimate of drug-likeness (QED) is 0.766. The molecule has 2 saturated heterocycles. The summed E-state index contributed by atoms with van der Waals surface area (Å²) in [6.07, 6.45) is 3.11. The van der Waals surface area contributed by atoms with Crippen molar-refractivity contribution in [3.63, 3.8) is 0 Å². The standard InChI is InChI=1S/C20H27N5O2/c1-12(2)16-11-17(22-21-16)13-7-9-25(10-8-13)20(27)18-14-5-3-4-6-15(14)19(26)24-23-18/h3-6,12-13,16-17,21-22H,7-11H2,1-2H3,(H,24,26). The molecule has 2 unspecified atom stereocenters. The van der Waals surface area contributed by atoms with Crippen molar-refractivity contribution < 1.29 is 4.79 Å². The molecular formula is C20H27N5O2. The molecule has 3 heterocycles. The zero-order valence-corrected chi connectivity index (χ0v) is 15.9. The summed E-state index contributed by atoms with van der Waals surface area (Å²) in [7, 11) is 0. The lowest BCUT2D eigenvalue weighted by atomic mass is 9.85. The van der Waals surface area contributed by atoms with Gasteiger partial charge in [0, 0.05) is 30.6 Å². The Hall–Kier alpha value is -2.25. The molecule has 0 bridgehead atoms. The number of aromatic nitrogens is 2. The number of nitrogens with one attached hydrogen (secondary N) is 3. The Morgan fingerprint density at radius 3 is 2.52 bits per heavy atom. The zero-order chi connectivity index (χ0) is 19.0. The molecule has 27 heavy (non-hydrogen) atoms. The van der Waals surface area contributed by atoms with Crippen LogP contribution >= 0.6 is 0 Å². The first kappa shape index (κ1) is 18.1. The van der Waals surface area contributed by atoms with Crippen molar-refractivity contribution in [2.45, 2.75) is 45.2 Å². The van der Waals surface area contributed by atoms with Gasteiger partial charge in [-0.2, -0.15) is 5.10 Å². The van der Waals surface area contributed by atoms with Crippen LogP contribution in [0.15, 0.2) is 29.1 Å². The topological polar surface area (TPSA) is 90.1 Å². The number of amides is 1. The van der Waals surface area contributed by atoms with E-state index in [1.165, 1.54) is 0 Å². The number of nitrogens with zero attached hydrogens (tertiary/aromatic N) is 2. The molecule has 2 aliphatic rings. The van der Waals surface area contributed by atoms with Crippen LogP contribution < -0.4 is 16.4 Å². The number of hydrogen-bond donors (Lipinski definition) is 3. The monoisotopic (exact) mass is 369 g/mol. The zero-order valence-electron chi connectivity index (χ0n) is 15.9. The van der Waals surface area contributed by atoms with Crippen molar-refractivity contribution in [3.05, 3.63) is 40.3 Å². The van der Waals surface area contributed by atoms with Crippen LogP contribution in [0.4, 0.5) is 0 Å². The van der Waals surface area contributed by atoms with Crippen molar-refractivity contribution in [2.75, 3.05) is 13.1 Å². The van der Waals surface area contributed by atoms with E-state index in [0.29, 0.717) is 40.4 Å². The molecule has 2 fully saturated rings. The molecule has 1 aromatic carbocycles. The first-order chi connectivity index (χ1) is 13.0. The van der Waals surface area contributed by atoms with Gasteiger partial charge in [0.1, 0.15) is 0 Å². The average molecular weight is 369 g/mol. The first-order valence-corrected chi connectivity index (χ1v) is 9.82. The average Bonchev–Trinajstić information content (AvgIpc) is 3.19. The van der Waals surface area contributed by atoms with E-state index in [2.05, 4.69) is 34.9 Å². The molecule has 0 spiro atoms. The predicted octanol–water partition coefficient (Wildman–Crippen LogP) is 1.67. The minimum Gasteiger partial charge on any atom is -0.337 e. The maximum atomic E-state index is 13.0. The van der Waals surface area contributed by atoms with Gasteiger partial charge < -0.3 is 4.90 Å². The molecule has 144 valence electrons. The number of aromatic amines is 1. The number of fused-ring (bicyclic) bond motifs is 1. The Bertz CT molecular complexity index is 885. The lowest BCUT2D eigenvalue weighted by Crippen LogP contribution is -2.45. The van der Waals surface area contributed by atoms with E-state index >= 15 is 0 Å². The predicted molar refractivity (Wildman–Crippen MR) is 104 cm³/mol. The highest BCUT2D eigenvalue weighted by molar-refractivity contribution is 6.04. The summed E-state index contributed by atoms with van der Waals surface area (Å²) < 4.78 is 0. The molecule has 2 atom stereocenters. The van der Waals surface area contributed by atoms with E-state index in [-0.39, 0.29) is 11.5 Å². The summed E-state index contributed by atoms with van der Waals surface area (Å²) in [6.45, 7) is 5.93. The molecule has 1 aromatic heterocycles. The molecule has 0 aliphatic carbocycles. The Morgan fingerprint density at radius 2 is 1.85 bits per heavy atom. The highest BCUT2D eigenvalue weighted by atomic mass is 16.2. The second-order valence-electron chi connectivity index (χ2n) is 8.06. The summed E-state index contributed by atoms with van der Waals surface area (Å²) in [5.41, 5.74) is 6.95. The van der Waals surface area contributed by atoms with E-state index < -0.39 is 0 Å². The summed E-state index contributed by atoms with van der Waals surface area (Å²) in [5, 5.41) is 7.64. The minimum atomic E-state index is -0.264. The number of piperidine rings is 1. The molecule has 0 radical (unpaired) electrons. The summed E-state index contributed by atoms with van der Waals surface area (Å²) in [6, 6.07) is 8.13. The second kappa shape index (κ2) is 7.40. The van der Waals surface area contributed by atoms with Crippen molar-refractivity contribution in [1.82, 2.24) is 25.9 Å². The van der Waals surface area contributed by atoms with E-state index in [1.807, 2.05) is 11.0 Å². The van der Waals surface area contributed by atoms with Gasteiger partial charge >= 0.3 is 0 Å². The van der Waals surface area contributed by atoms with Gasteiger partial charge in [0.2, 0.25) is 0 Å².